The molecule has 2 aromatic carbocycles. The van der Waals surface area contributed by atoms with Gasteiger partial charge in [-0.2, -0.15) is 4.98 Å². The van der Waals surface area contributed by atoms with Crippen molar-refractivity contribution in [1.82, 2.24) is 19.5 Å². The monoisotopic (exact) mass is 405 g/mol. The standard InChI is InChI=1S/C22H20FN5O2/c1-3-14-4-10-17(11-5-14)28-20(29)18-12-24-21(26-19(18)27-22(28)30)25-13(2)15-6-8-16(23)9-7-15/h4-13H,3H2,1-2H3,(H2,24,25,26,27,30). The van der Waals surface area contributed by atoms with Crippen LogP contribution in [0.3, 0.4) is 0 Å². The van der Waals surface area contributed by atoms with E-state index < -0.39 is 11.2 Å². The Hall–Kier alpha value is -3.81. The number of nitrogens with one attached hydrogen (secondary N) is 2. The van der Waals surface area contributed by atoms with E-state index in [1.54, 1.807) is 24.3 Å². The van der Waals surface area contributed by atoms with E-state index in [1.165, 1.54) is 18.3 Å². The van der Waals surface area contributed by atoms with Gasteiger partial charge in [-0.25, -0.2) is 18.7 Å². The number of halogens is 1. The molecule has 2 heterocycles. The third kappa shape index (κ3) is 3.71. The summed E-state index contributed by atoms with van der Waals surface area (Å²) < 4.78 is 14.2. The SMILES string of the molecule is CCc1ccc(-n2c(=O)[nH]c3nc(NC(C)c4ccc(F)cc4)ncc3c2=O)cc1. The summed E-state index contributed by atoms with van der Waals surface area (Å²) in [7, 11) is 0. The molecule has 0 saturated heterocycles. The first kappa shape index (κ1) is 19.5. The lowest BCUT2D eigenvalue weighted by Crippen LogP contribution is -2.34. The van der Waals surface area contributed by atoms with E-state index in [2.05, 4.69) is 20.3 Å². The maximum absolute atomic E-state index is 13.1. The molecule has 0 bridgehead atoms. The molecule has 1 unspecified atom stereocenters. The normalized spacial score (nSPS) is 12.1. The molecule has 8 heteroatoms. The van der Waals surface area contributed by atoms with Gasteiger partial charge >= 0.3 is 5.69 Å². The summed E-state index contributed by atoms with van der Waals surface area (Å²) in [6.45, 7) is 3.91. The highest BCUT2D eigenvalue weighted by Gasteiger charge is 2.13. The number of benzene rings is 2. The number of nitrogens with zero attached hydrogens (tertiary/aromatic N) is 3. The van der Waals surface area contributed by atoms with E-state index in [0.29, 0.717) is 5.69 Å². The molecule has 2 aromatic heterocycles. The molecule has 0 aliphatic heterocycles. The average Bonchev–Trinajstić information content (AvgIpc) is 2.74. The highest BCUT2D eigenvalue weighted by atomic mass is 19.1. The van der Waals surface area contributed by atoms with Gasteiger partial charge in [0.25, 0.3) is 5.56 Å². The summed E-state index contributed by atoms with van der Waals surface area (Å²) in [4.78, 5) is 36.6. The number of fused-ring (bicyclic) bond motifs is 1. The minimum Gasteiger partial charge on any atom is -0.348 e. The first-order chi connectivity index (χ1) is 14.5. The Morgan fingerprint density at radius 2 is 1.80 bits per heavy atom. The van der Waals surface area contributed by atoms with Gasteiger partial charge in [-0.1, -0.05) is 31.2 Å². The molecule has 0 aliphatic rings. The molecule has 2 N–H and O–H groups in total. The summed E-state index contributed by atoms with van der Waals surface area (Å²) in [5.41, 5.74) is 1.52. The molecule has 0 fully saturated rings. The van der Waals surface area contributed by atoms with Gasteiger partial charge in [0, 0.05) is 6.20 Å². The van der Waals surface area contributed by atoms with Crippen molar-refractivity contribution < 1.29 is 4.39 Å². The zero-order valence-electron chi connectivity index (χ0n) is 16.5. The number of aryl methyl sites for hydroxylation is 1. The van der Waals surface area contributed by atoms with Gasteiger partial charge in [0.05, 0.1) is 11.7 Å². The first-order valence-electron chi connectivity index (χ1n) is 9.59. The van der Waals surface area contributed by atoms with Crippen molar-refractivity contribution >= 4 is 17.0 Å². The molecule has 152 valence electrons. The van der Waals surface area contributed by atoms with Gasteiger partial charge < -0.3 is 5.32 Å². The number of aromatic amines is 1. The number of hydrogen-bond donors (Lipinski definition) is 2. The second-order valence-electron chi connectivity index (χ2n) is 6.96. The quantitative estimate of drug-likeness (QED) is 0.531. The van der Waals surface area contributed by atoms with Crippen molar-refractivity contribution in [3.8, 4) is 5.69 Å². The van der Waals surface area contributed by atoms with E-state index in [-0.39, 0.29) is 28.8 Å². The number of hydrogen-bond acceptors (Lipinski definition) is 5. The lowest BCUT2D eigenvalue weighted by molar-refractivity contribution is 0.626. The fourth-order valence-corrected chi connectivity index (χ4v) is 3.22. The van der Waals surface area contributed by atoms with Crippen LogP contribution in [0.25, 0.3) is 16.7 Å². The minimum absolute atomic E-state index is 0.148. The summed E-state index contributed by atoms with van der Waals surface area (Å²) in [5.74, 6) is -0.0643. The van der Waals surface area contributed by atoms with Gasteiger partial charge in [-0.05, 0) is 48.7 Å². The Labute approximate surface area is 171 Å². The summed E-state index contributed by atoms with van der Waals surface area (Å²) >= 11 is 0. The van der Waals surface area contributed by atoms with E-state index in [9.17, 15) is 14.0 Å². The molecule has 0 aliphatic carbocycles. The molecule has 0 radical (unpaired) electrons. The van der Waals surface area contributed by atoms with Gasteiger partial charge in [0.15, 0.2) is 5.65 Å². The lowest BCUT2D eigenvalue weighted by atomic mass is 10.1. The van der Waals surface area contributed by atoms with E-state index in [4.69, 9.17) is 0 Å². The summed E-state index contributed by atoms with van der Waals surface area (Å²) in [5, 5.41) is 3.30. The number of rotatable bonds is 5. The Bertz CT molecular complexity index is 1310. The zero-order valence-corrected chi connectivity index (χ0v) is 16.5. The number of aromatic nitrogens is 4. The Morgan fingerprint density at radius 1 is 1.10 bits per heavy atom. The van der Waals surface area contributed by atoms with Crippen LogP contribution in [0.4, 0.5) is 10.3 Å². The summed E-state index contributed by atoms with van der Waals surface area (Å²) in [6.07, 6.45) is 2.25. The highest BCUT2D eigenvalue weighted by molar-refractivity contribution is 5.73. The summed E-state index contributed by atoms with van der Waals surface area (Å²) in [6, 6.07) is 13.1. The zero-order chi connectivity index (χ0) is 21.3. The van der Waals surface area contributed by atoms with Crippen LogP contribution in [0, 0.1) is 5.82 Å². The van der Waals surface area contributed by atoms with Crippen LogP contribution in [0.15, 0.2) is 64.3 Å². The van der Waals surface area contributed by atoms with Crippen molar-refractivity contribution in [3.05, 3.63) is 92.5 Å². The largest absolute Gasteiger partial charge is 0.348 e. The van der Waals surface area contributed by atoms with Gasteiger partial charge in [0.1, 0.15) is 11.2 Å². The van der Waals surface area contributed by atoms with Crippen molar-refractivity contribution in [2.75, 3.05) is 5.32 Å². The van der Waals surface area contributed by atoms with Crippen molar-refractivity contribution in [1.29, 1.82) is 0 Å². The lowest BCUT2D eigenvalue weighted by Gasteiger charge is -2.14. The fraction of sp³-hybridized carbons (Fsp3) is 0.182. The van der Waals surface area contributed by atoms with Crippen LogP contribution >= 0.6 is 0 Å². The van der Waals surface area contributed by atoms with Crippen LogP contribution in [0.2, 0.25) is 0 Å². The Morgan fingerprint density at radius 3 is 2.47 bits per heavy atom. The molecular formula is C22H20FN5O2. The molecule has 0 spiro atoms. The van der Waals surface area contributed by atoms with Crippen molar-refractivity contribution in [2.45, 2.75) is 26.3 Å². The third-order valence-electron chi connectivity index (χ3n) is 4.97. The van der Waals surface area contributed by atoms with Crippen molar-refractivity contribution in [2.24, 2.45) is 0 Å². The van der Waals surface area contributed by atoms with Crippen molar-refractivity contribution in [3.63, 3.8) is 0 Å². The van der Waals surface area contributed by atoms with Gasteiger partial charge in [0.2, 0.25) is 5.95 Å². The maximum Gasteiger partial charge on any atom is 0.334 e. The Balaban J connectivity index is 1.69. The number of anilines is 1. The predicted molar refractivity (Wildman–Crippen MR) is 114 cm³/mol. The van der Waals surface area contributed by atoms with Crippen LogP contribution in [-0.4, -0.2) is 19.5 Å². The second-order valence-corrected chi connectivity index (χ2v) is 6.96. The van der Waals surface area contributed by atoms with E-state index >= 15 is 0 Å². The highest BCUT2D eigenvalue weighted by Crippen LogP contribution is 2.18. The number of H-pyrrole nitrogens is 1. The molecule has 4 aromatic rings. The molecule has 30 heavy (non-hydrogen) atoms. The molecular weight excluding hydrogens is 385 g/mol. The van der Waals surface area contributed by atoms with Gasteiger partial charge in [-0.15, -0.1) is 0 Å². The van der Waals surface area contributed by atoms with Crippen LogP contribution in [0.5, 0.6) is 0 Å². The van der Waals surface area contributed by atoms with E-state index in [1.807, 2.05) is 26.0 Å². The first-order valence-corrected chi connectivity index (χ1v) is 9.59. The fourth-order valence-electron chi connectivity index (χ4n) is 3.22. The average molecular weight is 405 g/mol. The topological polar surface area (TPSA) is 92.7 Å². The van der Waals surface area contributed by atoms with Crippen LogP contribution in [0.1, 0.15) is 31.0 Å². The molecule has 4 rings (SSSR count). The predicted octanol–water partition coefficient (Wildman–Crippen LogP) is 3.34. The van der Waals surface area contributed by atoms with Crippen LogP contribution < -0.4 is 16.6 Å². The second kappa shape index (κ2) is 7.90. The third-order valence-corrected chi connectivity index (χ3v) is 4.97. The molecule has 7 nitrogen and oxygen atoms in total. The van der Waals surface area contributed by atoms with E-state index in [0.717, 1.165) is 22.1 Å². The van der Waals surface area contributed by atoms with Gasteiger partial charge in [-0.3, -0.25) is 9.78 Å². The minimum atomic E-state index is -0.576. The molecule has 0 amide bonds. The molecule has 0 saturated carbocycles. The Kier molecular flexibility index (Phi) is 5.14. The molecule has 1 atom stereocenters. The maximum atomic E-state index is 13.1. The smallest absolute Gasteiger partial charge is 0.334 e. The van der Waals surface area contributed by atoms with Crippen LogP contribution in [-0.2, 0) is 6.42 Å².